The summed E-state index contributed by atoms with van der Waals surface area (Å²) in [6.45, 7) is 0. The first-order valence-corrected chi connectivity index (χ1v) is 6.34. The van der Waals surface area contributed by atoms with Crippen LogP contribution >= 0.6 is 0 Å². The molecule has 0 aliphatic carbocycles. The van der Waals surface area contributed by atoms with Gasteiger partial charge < -0.3 is 40.9 Å². The molecule has 0 aromatic heterocycles. The standard InChI is InChI=1S/2C6H8O7.2Nd/c2*7-3(8)1-6(13,5(11)12)2-4(9)10;;/h2*13H,1-2H2,(H,7,8)(H,9,10)(H,11,12);;. The van der Waals surface area contributed by atoms with Gasteiger partial charge in [0.05, 0.1) is 25.7 Å². The molecule has 14 nitrogen and oxygen atoms in total. The smallest absolute Gasteiger partial charge is 0.336 e. The van der Waals surface area contributed by atoms with Crippen molar-refractivity contribution >= 4 is 35.8 Å². The maximum Gasteiger partial charge on any atom is 0.336 e. The number of carboxylic acid groups (broad SMARTS) is 6. The molecule has 0 fully saturated rings. The number of hydrogen-bond donors (Lipinski definition) is 8. The predicted molar refractivity (Wildman–Crippen MR) is 74.2 cm³/mol. The topological polar surface area (TPSA) is 264 Å². The third-order valence-corrected chi connectivity index (χ3v) is 2.57. The van der Waals surface area contributed by atoms with E-state index in [2.05, 4.69) is 0 Å². The monoisotopic (exact) mass is 668 g/mol. The Labute approximate surface area is 221 Å². The molecule has 0 radical (unpaired) electrons. The first-order chi connectivity index (χ1) is 11.6. The van der Waals surface area contributed by atoms with Crippen LogP contribution in [0, 0.1) is 81.7 Å². The van der Waals surface area contributed by atoms with E-state index in [4.69, 9.17) is 40.9 Å². The van der Waals surface area contributed by atoms with Gasteiger partial charge in [-0.05, 0) is 0 Å². The van der Waals surface area contributed by atoms with E-state index >= 15 is 0 Å². The van der Waals surface area contributed by atoms with Crippen molar-refractivity contribution in [3.63, 3.8) is 0 Å². The van der Waals surface area contributed by atoms with E-state index < -0.39 is 72.7 Å². The predicted octanol–water partition coefficient (Wildman–Crippen LogP) is -2.50. The molecule has 0 bridgehead atoms. The number of carboxylic acids is 6. The first-order valence-electron chi connectivity index (χ1n) is 6.34. The summed E-state index contributed by atoms with van der Waals surface area (Å²) in [4.78, 5) is 61.0. The molecule has 0 aliphatic rings. The van der Waals surface area contributed by atoms with Crippen molar-refractivity contribution in [2.24, 2.45) is 0 Å². The molecule has 0 aromatic rings. The first kappa shape index (κ1) is 34.9. The molecule has 0 saturated heterocycles. The largest absolute Gasteiger partial charge is 0.481 e. The van der Waals surface area contributed by atoms with E-state index in [1.165, 1.54) is 0 Å². The fraction of sp³-hybridized carbons (Fsp3) is 0.500. The summed E-state index contributed by atoms with van der Waals surface area (Å²) in [5.41, 5.74) is -5.48. The van der Waals surface area contributed by atoms with Gasteiger partial charge in [-0.15, -0.1) is 0 Å². The van der Waals surface area contributed by atoms with Crippen molar-refractivity contribution in [3.8, 4) is 0 Å². The fourth-order valence-electron chi connectivity index (χ4n) is 1.43. The van der Waals surface area contributed by atoms with Crippen molar-refractivity contribution in [1.82, 2.24) is 0 Å². The van der Waals surface area contributed by atoms with Crippen LogP contribution in [0.2, 0.25) is 0 Å². The van der Waals surface area contributed by atoms with Gasteiger partial charge in [0, 0.05) is 81.7 Å². The number of aliphatic carboxylic acids is 6. The maximum atomic E-state index is 10.3. The quantitative estimate of drug-likeness (QED) is 0.119. The Morgan fingerprint density at radius 1 is 0.464 bits per heavy atom. The maximum absolute atomic E-state index is 10.3. The summed E-state index contributed by atoms with van der Waals surface area (Å²) in [5, 5.41) is 67.6. The second-order valence-electron chi connectivity index (χ2n) is 4.96. The summed E-state index contributed by atoms with van der Waals surface area (Å²) in [5.74, 6) is -10.0. The van der Waals surface area contributed by atoms with Gasteiger partial charge in [0.25, 0.3) is 0 Å². The zero-order valence-corrected chi connectivity index (χ0v) is 20.3. The van der Waals surface area contributed by atoms with E-state index in [-0.39, 0.29) is 81.7 Å². The van der Waals surface area contributed by atoms with Crippen molar-refractivity contribution < 1.29 is 151 Å². The van der Waals surface area contributed by atoms with Gasteiger partial charge in [0.1, 0.15) is 0 Å². The molecule has 28 heavy (non-hydrogen) atoms. The molecule has 0 amide bonds. The minimum Gasteiger partial charge on any atom is -0.481 e. The minimum atomic E-state index is -2.74. The van der Waals surface area contributed by atoms with Gasteiger partial charge in [0.2, 0.25) is 0 Å². The van der Waals surface area contributed by atoms with Crippen LogP contribution in [0.1, 0.15) is 25.7 Å². The van der Waals surface area contributed by atoms with Crippen LogP contribution in [0.15, 0.2) is 0 Å². The molecule has 0 saturated carbocycles. The Bertz CT molecular complexity index is 517. The van der Waals surface area contributed by atoms with Crippen molar-refractivity contribution in [2.45, 2.75) is 36.9 Å². The van der Waals surface area contributed by atoms with E-state index in [0.717, 1.165) is 0 Å². The van der Waals surface area contributed by atoms with Crippen LogP contribution in [-0.4, -0.2) is 87.9 Å². The zero-order chi connectivity index (χ0) is 21.3. The van der Waals surface area contributed by atoms with Gasteiger partial charge in [-0.25, -0.2) is 9.59 Å². The van der Waals surface area contributed by atoms with Crippen LogP contribution in [0.25, 0.3) is 0 Å². The molecule has 156 valence electrons. The van der Waals surface area contributed by atoms with Crippen molar-refractivity contribution in [1.29, 1.82) is 0 Å². The second-order valence-corrected chi connectivity index (χ2v) is 4.96. The molecule has 0 aromatic carbocycles. The van der Waals surface area contributed by atoms with E-state index in [1.807, 2.05) is 0 Å². The molecule has 0 heterocycles. The molecule has 0 atom stereocenters. The van der Waals surface area contributed by atoms with Crippen LogP contribution in [0.4, 0.5) is 0 Å². The Hall–Kier alpha value is -0.559. The summed E-state index contributed by atoms with van der Waals surface area (Å²) < 4.78 is 0. The third-order valence-electron chi connectivity index (χ3n) is 2.57. The van der Waals surface area contributed by atoms with Gasteiger partial charge in [-0.2, -0.15) is 0 Å². The molecular formula is C12H16Nd2O14. The van der Waals surface area contributed by atoms with Crippen LogP contribution in [0.5, 0.6) is 0 Å². The normalized spacial score (nSPS) is 10.1. The van der Waals surface area contributed by atoms with Gasteiger partial charge in [0.15, 0.2) is 11.2 Å². The van der Waals surface area contributed by atoms with Crippen LogP contribution in [0.3, 0.4) is 0 Å². The van der Waals surface area contributed by atoms with Gasteiger partial charge >= 0.3 is 35.8 Å². The number of aliphatic hydroxyl groups is 2. The average Bonchev–Trinajstić information content (AvgIpc) is 2.34. The number of carbonyl (C=O) groups is 6. The zero-order valence-electron chi connectivity index (χ0n) is 13.9. The number of hydrogen-bond acceptors (Lipinski definition) is 8. The molecule has 8 N–H and O–H groups in total. The SMILES string of the molecule is O=C(O)CC(O)(CC(=O)O)C(=O)O.O=C(O)CC(O)(CC(=O)O)C(=O)O.[Nd].[Nd]. The number of rotatable bonds is 10. The molecule has 0 rings (SSSR count). The molecule has 16 heteroatoms. The van der Waals surface area contributed by atoms with E-state index in [9.17, 15) is 28.8 Å². The summed E-state index contributed by atoms with van der Waals surface area (Å²) in [7, 11) is 0. The Balaban J connectivity index is -0.000000192. The molecule has 0 spiro atoms. The molecule has 0 aliphatic heterocycles. The average molecular weight is 673 g/mol. The van der Waals surface area contributed by atoms with E-state index in [0.29, 0.717) is 0 Å². The Kier molecular flexibility index (Phi) is 19.1. The van der Waals surface area contributed by atoms with Crippen LogP contribution in [-0.2, 0) is 28.8 Å². The summed E-state index contributed by atoms with van der Waals surface area (Å²) in [6.07, 6.45) is -4.58. The molecular weight excluding hydrogens is 657 g/mol. The summed E-state index contributed by atoms with van der Waals surface area (Å²) in [6, 6.07) is 0. The third kappa shape index (κ3) is 15.4. The van der Waals surface area contributed by atoms with Crippen molar-refractivity contribution in [3.05, 3.63) is 0 Å². The Morgan fingerprint density at radius 2 is 0.607 bits per heavy atom. The summed E-state index contributed by atoms with van der Waals surface area (Å²) >= 11 is 0. The van der Waals surface area contributed by atoms with Crippen molar-refractivity contribution in [2.75, 3.05) is 0 Å². The minimum absolute atomic E-state index is 0. The van der Waals surface area contributed by atoms with Gasteiger partial charge in [-0.3, -0.25) is 19.2 Å². The fourth-order valence-corrected chi connectivity index (χ4v) is 1.43. The van der Waals surface area contributed by atoms with Crippen LogP contribution < -0.4 is 0 Å². The van der Waals surface area contributed by atoms with E-state index in [1.54, 1.807) is 0 Å². The second kappa shape index (κ2) is 15.3. The molecule has 0 unspecified atom stereocenters. The van der Waals surface area contributed by atoms with Gasteiger partial charge in [-0.1, -0.05) is 0 Å². The Morgan fingerprint density at radius 3 is 0.679 bits per heavy atom.